The monoisotopic (exact) mass is 238 g/mol. The molecule has 1 aromatic rings. The van der Waals surface area contributed by atoms with Gasteiger partial charge in [-0.3, -0.25) is 5.01 Å². The van der Waals surface area contributed by atoms with Gasteiger partial charge in [0.25, 0.3) is 0 Å². The van der Waals surface area contributed by atoms with Gasteiger partial charge in [-0.05, 0) is 13.0 Å². The summed E-state index contributed by atoms with van der Waals surface area (Å²) in [7, 11) is 1.66. The van der Waals surface area contributed by atoms with Crippen LogP contribution >= 0.6 is 0 Å². The SMILES string of the molecule is CC(=N\O)/C(N)=N\N(C)Cc1ccccc1F. The number of nitrogens with zero attached hydrogens (tertiary/aromatic N) is 3. The maximum atomic E-state index is 13.3. The van der Waals surface area contributed by atoms with E-state index in [1.807, 2.05) is 0 Å². The molecule has 0 saturated carbocycles. The summed E-state index contributed by atoms with van der Waals surface area (Å²) in [6.45, 7) is 1.81. The molecule has 0 saturated heterocycles. The van der Waals surface area contributed by atoms with E-state index in [0.29, 0.717) is 5.56 Å². The molecular weight excluding hydrogens is 223 g/mol. The van der Waals surface area contributed by atoms with Crippen LogP contribution in [0, 0.1) is 5.82 Å². The summed E-state index contributed by atoms with van der Waals surface area (Å²) in [6, 6.07) is 6.43. The standard InChI is InChI=1S/C11H15FN4O/c1-8(15-17)11(13)14-16(2)7-9-5-3-4-6-10(9)12/h3-6,17H,7H2,1-2H3,(H2,13,14)/b15-8+. The molecule has 17 heavy (non-hydrogen) atoms. The normalized spacial score (nSPS) is 12.6. The van der Waals surface area contributed by atoms with Crippen molar-refractivity contribution in [2.24, 2.45) is 16.0 Å². The number of hydrogen-bond acceptors (Lipinski definition) is 4. The van der Waals surface area contributed by atoms with Crippen LogP contribution in [0.2, 0.25) is 0 Å². The fraction of sp³-hybridized carbons (Fsp3) is 0.273. The molecule has 0 atom stereocenters. The Morgan fingerprint density at radius 2 is 2.12 bits per heavy atom. The fourth-order valence-corrected chi connectivity index (χ4v) is 1.22. The number of halogens is 1. The van der Waals surface area contributed by atoms with Gasteiger partial charge in [0.15, 0.2) is 5.84 Å². The molecule has 3 N–H and O–H groups in total. The van der Waals surface area contributed by atoms with Gasteiger partial charge in [0.1, 0.15) is 11.5 Å². The van der Waals surface area contributed by atoms with E-state index < -0.39 is 0 Å². The maximum absolute atomic E-state index is 13.3. The Hall–Kier alpha value is -2.11. The van der Waals surface area contributed by atoms with Crippen LogP contribution in [0.15, 0.2) is 34.5 Å². The highest BCUT2D eigenvalue weighted by Gasteiger charge is 2.05. The lowest BCUT2D eigenvalue weighted by atomic mass is 10.2. The number of benzene rings is 1. The lowest BCUT2D eigenvalue weighted by Crippen LogP contribution is -2.26. The van der Waals surface area contributed by atoms with Crippen molar-refractivity contribution in [2.75, 3.05) is 7.05 Å². The van der Waals surface area contributed by atoms with Crippen molar-refractivity contribution in [2.45, 2.75) is 13.5 Å². The smallest absolute Gasteiger partial charge is 0.168 e. The second kappa shape index (κ2) is 5.83. The zero-order chi connectivity index (χ0) is 12.8. The number of amidine groups is 1. The van der Waals surface area contributed by atoms with E-state index >= 15 is 0 Å². The Morgan fingerprint density at radius 1 is 1.47 bits per heavy atom. The summed E-state index contributed by atoms with van der Waals surface area (Å²) in [5, 5.41) is 16.9. The zero-order valence-corrected chi connectivity index (χ0v) is 9.76. The van der Waals surface area contributed by atoms with Crippen LogP contribution in [0.1, 0.15) is 12.5 Å². The topological polar surface area (TPSA) is 74.2 Å². The quantitative estimate of drug-likeness (QED) is 0.360. The lowest BCUT2D eigenvalue weighted by Gasteiger charge is -2.14. The average Bonchev–Trinajstić information content (AvgIpc) is 2.31. The Labute approximate surface area is 99.0 Å². The number of rotatable bonds is 4. The Kier molecular flexibility index (Phi) is 4.45. The molecule has 1 aromatic carbocycles. The first kappa shape index (κ1) is 13.0. The number of hydrazone groups is 1. The minimum Gasteiger partial charge on any atom is -0.411 e. The maximum Gasteiger partial charge on any atom is 0.168 e. The molecular formula is C11H15FN4O. The molecule has 0 spiro atoms. The molecule has 92 valence electrons. The lowest BCUT2D eigenvalue weighted by molar-refractivity contribution is 0.318. The van der Waals surface area contributed by atoms with Crippen molar-refractivity contribution in [1.82, 2.24) is 5.01 Å². The second-order valence-corrected chi connectivity index (χ2v) is 3.58. The number of hydrogen-bond donors (Lipinski definition) is 2. The minimum atomic E-state index is -0.291. The highest BCUT2D eigenvalue weighted by molar-refractivity contribution is 6.39. The second-order valence-electron chi connectivity index (χ2n) is 3.58. The fourth-order valence-electron chi connectivity index (χ4n) is 1.22. The van der Waals surface area contributed by atoms with Crippen LogP contribution in [-0.2, 0) is 6.54 Å². The molecule has 0 radical (unpaired) electrons. The van der Waals surface area contributed by atoms with E-state index in [1.54, 1.807) is 25.2 Å². The predicted octanol–water partition coefficient (Wildman–Crippen LogP) is 1.38. The number of nitrogens with two attached hydrogens (primary N) is 1. The Bertz CT molecular complexity index is 445. The summed E-state index contributed by atoms with van der Waals surface area (Å²) in [4.78, 5) is 0. The van der Waals surface area contributed by atoms with Gasteiger partial charge < -0.3 is 10.9 Å². The summed E-state index contributed by atoms with van der Waals surface area (Å²) in [5.74, 6) is -0.202. The molecule has 0 aliphatic heterocycles. The zero-order valence-electron chi connectivity index (χ0n) is 9.76. The largest absolute Gasteiger partial charge is 0.411 e. The van der Waals surface area contributed by atoms with E-state index in [4.69, 9.17) is 10.9 Å². The van der Waals surface area contributed by atoms with Crippen molar-refractivity contribution < 1.29 is 9.60 Å². The van der Waals surface area contributed by atoms with E-state index in [9.17, 15) is 4.39 Å². The highest BCUT2D eigenvalue weighted by atomic mass is 19.1. The molecule has 0 unspecified atom stereocenters. The molecule has 0 aromatic heterocycles. The van der Waals surface area contributed by atoms with Crippen LogP contribution < -0.4 is 5.73 Å². The van der Waals surface area contributed by atoms with Crippen LogP contribution in [-0.4, -0.2) is 28.8 Å². The first-order valence-electron chi connectivity index (χ1n) is 5.02. The van der Waals surface area contributed by atoms with Crippen LogP contribution in [0.25, 0.3) is 0 Å². The third-order valence-electron chi connectivity index (χ3n) is 2.16. The van der Waals surface area contributed by atoms with Gasteiger partial charge in [-0.2, -0.15) is 5.10 Å². The van der Waals surface area contributed by atoms with Crippen molar-refractivity contribution in [3.8, 4) is 0 Å². The van der Waals surface area contributed by atoms with Gasteiger partial charge in [-0.15, -0.1) is 0 Å². The van der Waals surface area contributed by atoms with Crippen molar-refractivity contribution in [1.29, 1.82) is 0 Å². The summed E-state index contributed by atoms with van der Waals surface area (Å²) >= 11 is 0. The van der Waals surface area contributed by atoms with Crippen molar-refractivity contribution >= 4 is 11.5 Å². The predicted molar refractivity (Wildman–Crippen MR) is 64.4 cm³/mol. The van der Waals surface area contributed by atoms with Crippen molar-refractivity contribution in [3.05, 3.63) is 35.6 Å². The first-order valence-corrected chi connectivity index (χ1v) is 5.02. The van der Waals surface area contributed by atoms with Crippen molar-refractivity contribution in [3.63, 3.8) is 0 Å². The molecule has 0 bridgehead atoms. The summed E-state index contributed by atoms with van der Waals surface area (Å²) in [6.07, 6.45) is 0. The van der Waals surface area contributed by atoms with E-state index in [-0.39, 0.29) is 23.9 Å². The molecule has 0 heterocycles. The van der Waals surface area contributed by atoms with E-state index in [0.717, 1.165) is 0 Å². The van der Waals surface area contributed by atoms with Gasteiger partial charge >= 0.3 is 0 Å². The third-order valence-corrected chi connectivity index (χ3v) is 2.16. The highest BCUT2D eigenvalue weighted by Crippen LogP contribution is 2.08. The van der Waals surface area contributed by atoms with Crippen LogP contribution in [0.5, 0.6) is 0 Å². The first-order chi connectivity index (χ1) is 8.04. The molecule has 0 aliphatic rings. The molecule has 0 fully saturated rings. The number of oxime groups is 1. The molecule has 5 nitrogen and oxygen atoms in total. The molecule has 1 rings (SSSR count). The van der Waals surface area contributed by atoms with Crippen LogP contribution in [0.3, 0.4) is 0 Å². The molecule has 0 amide bonds. The van der Waals surface area contributed by atoms with Gasteiger partial charge in [0.05, 0.1) is 6.54 Å². The third kappa shape index (κ3) is 3.75. The van der Waals surface area contributed by atoms with Gasteiger partial charge in [-0.25, -0.2) is 4.39 Å². The Morgan fingerprint density at radius 3 is 2.71 bits per heavy atom. The average molecular weight is 238 g/mol. The van der Waals surface area contributed by atoms with Gasteiger partial charge in [0.2, 0.25) is 0 Å². The Balaban J connectivity index is 2.74. The van der Waals surface area contributed by atoms with E-state index in [1.165, 1.54) is 18.0 Å². The van der Waals surface area contributed by atoms with Crippen LogP contribution in [0.4, 0.5) is 4.39 Å². The molecule has 6 heteroatoms. The summed E-state index contributed by atoms with van der Waals surface area (Å²) in [5.41, 5.74) is 6.28. The van der Waals surface area contributed by atoms with Gasteiger partial charge in [0, 0.05) is 12.6 Å². The minimum absolute atomic E-state index is 0.0892. The molecule has 0 aliphatic carbocycles. The van der Waals surface area contributed by atoms with E-state index in [2.05, 4.69) is 10.3 Å². The summed E-state index contributed by atoms with van der Waals surface area (Å²) < 4.78 is 13.3. The van der Waals surface area contributed by atoms with Gasteiger partial charge in [-0.1, -0.05) is 23.4 Å².